The minimum Gasteiger partial charge on any atom is -0.492 e. The molecule has 4 rings (SSSR count). The Morgan fingerprint density at radius 1 is 0.926 bits per heavy atom. The van der Waals surface area contributed by atoms with E-state index in [1.165, 1.54) is 0 Å². The van der Waals surface area contributed by atoms with Gasteiger partial charge in [-0.05, 0) is 31.2 Å². The van der Waals surface area contributed by atoms with Crippen molar-refractivity contribution in [3.05, 3.63) is 67.0 Å². The average molecular weight is 358 g/mol. The van der Waals surface area contributed by atoms with Gasteiger partial charge in [-0.2, -0.15) is 10.1 Å². The Hall–Kier alpha value is -3.74. The molecule has 7 heteroatoms. The molecule has 0 bridgehead atoms. The van der Waals surface area contributed by atoms with Crippen LogP contribution in [0.3, 0.4) is 0 Å². The van der Waals surface area contributed by atoms with Gasteiger partial charge in [0.1, 0.15) is 5.75 Å². The van der Waals surface area contributed by atoms with Crippen LogP contribution in [0.2, 0.25) is 0 Å². The maximum absolute atomic E-state index is 5.63. The Kier molecular flexibility index (Phi) is 4.74. The van der Waals surface area contributed by atoms with Gasteiger partial charge in [0.05, 0.1) is 29.7 Å². The second-order valence-electron chi connectivity index (χ2n) is 5.73. The van der Waals surface area contributed by atoms with Gasteiger partial charge in [-0.1, -0.05) is 30.3 Å². The number of aromatic nitrogens is 4. The predicted molar refractivity (Wildman–Crippen MR) is 106 cm³/mol. The Morgan fingerprint density at radius 2 is 1.78 bits per heavy atom. The van der Waals surface area contributed by atoms with Crippen LogP contribution in [0.1, 0.15) is 6.92 Å². The van der Waals surface area contributed by atoms with E-state index in [0.717, 1.165) is 28.0 Å². The fraction of sp³-hybridized carbons (Fsp3) is 0.100. The summed E-state index contributed by atoms with van der Waals surface area (Å²) in [6.45, 7) is 2.53. The van der Waals surface area contributed by atoms with E-state index in [4.69, 9.17) is 4.74 Å². The zero-order chi connectivity index (χ0) is 18.5. The maximum Gasteiger partial charge on any atom is 0.249 e. The Labute approximate surface area is 156 Å². The number of hydrogen-bond acceptors (Lipinski definition) is 7. The van der Waals surface area contributed by atoms with Gasteiger partial charge < -0.3 is 15.4 Å². The molecule has 0 radical (unpaired) electrons. The number of ether oxygens (including phenoxy) is 1. The van der Waals surface area contributed by atoms with E-state index in [-0.39, 0.29) is 0 Å². The summed E-state index contributed by atoms with van der Waals surface area (Å²) in [4.78, 5) is 8.92. The summed E-state index contributed by atoms with van der Waals surface area (Å²) in [5.41, 5.74) is 2.49. The lowest BCUT2D eigenvalue weighted by Gasteiger charge is -2.12. The molecule has 0 spiro atoms. The molecule has 0 fully saturated rings. The SMILES string of the molecule is CCOc1ccccc1Nc1cnnc(Nc2cccc3cccnc23)n1. The highest BCUT2D eigenvalue weighted by Gasteiger charge is 2.08. The number of para-hydroxylation sites is 3. The third-order valence-corrected chi connectivity index (χ3v) is 3.89. The number of nitrogens with one attached hydrogen (secondary N) is 2. The molecular formula is C20H18N6O. The summed E-state index contributed by atoms with van der Waals surface area (Å²) in [6.07, 6.45) is 3.32. The molecule has 0 saturated heterocycles. The van der Waals surface area contributed by atoms with Crippen LogP contribution in [0.15, 0.2) is 67.0 Å². The lowest BCUT2D eigenvalue weighted by Crippen LogP contribution is -2.04. The van der Waals surface area contributed by atoms with Crippen LogP contribution in [-0.4, -0.2) is 26.8 Å². The summed E-state index contributed by atoms with van der Waals surface area (Å²) in [7, 11) is 0. The first-order chi connectivity index (χ1) is 13.3. The lowest BCUT2D eigenvalue weighted by molar-refractivity contribution is 0.342. The number of fused-ring (bicyclic) bond motifs is 1. The van der Waals surface area contributed by atoms with E-state index in [1.807, 2.05) is 61.5 Å². The molecule has 134 valence electrons. The first-order valence-electron chi connectivity index (χ1n) is 8.63. The maximum atomic E-state index is 5.63. The second-order valence-corrected chi connectivity index (χ2v) is 5.73. The molecule has 2 aromatic carbocycles. The van der Waals surface area contributed by atoms with Crippen LogP contribution in [-0.2, 0) is 0 Å². The van der Waals surface area contributed by atoms with Gasteiger partial charge >= 0.3 is 0 Å². The molecule has 0 aliphatic heterocycles. The van der Waals surface area contributed by atoms with Gasteiger partial charge in [0.2, 0.25) is 5.95 Å². The molecule has 2 heterocycles. The highest BCUT2D eigenvalue weighted by atomic mass is 16.5. The van der Waals surface area contributed by atoms with Crippen molar-refractivity contribution in [1.29, 1.82) is 0 Å². The third-order valence-electron chi connectivity index (χ3n) is 3.89. The van der Waals surface area contributed by atoms with Gasteiger partial charge in [-0.25, -0.2) is 0 Å². The van der Waals surface area contributed by atoms with Crippen LogP contribution < -0.4 is 15.4 Å². The number of anilines is 4. The van der Waals surface area contributed by atoms with Crippen LogP contribution >= 0.6 is 0 Å². The molecule has 4 aromatic rings. The number of nitrogens with zero attached hydrogens (tertiary/aromatic N) is 4. The quantitative estimate of drug-likeness (QED) is 0.531. The molecule has 2 aromatic heterocycles. The predicted octanol–water partition coefficient (Wildman–Crippen LogP) is 4.31. The van der Waals surface area contributed by atoms with E-state index in [0.29, 0.717) is 18.4 Å². The zero-order valence-electron chi connectivity index (χ0n) is 14.8. The third kappa shape index (κ3) is 3.77. The normalized spacial score (nSPS) is 10.6. The summed E-state index contributed by atoms with van der Waals surface area (Å²) < 4.78 is 5.63. The van der Waals surface area contributed by atoms with Crippen molar-refractivity contribution >= 4 is 34.0 Å². The molecule has 7 nitrogen and oxygen atoms in total. The minimum atomic E-state index is 0.382. The van der Waals surface area contributed by atoms with E-state index < -0.39 is 0 Å². The standard InChI is InChI=1S/C20H18N6O/c1-2-27-17-11-4-3-9-15(17)23-18-13-22-26-20(25-18)24-16-10-5-7-14-8-6-12-21-19(14)16/h3-13H,2H2,1H3,(H2,23,24,25,26). The Balaban J connectivity index is 1.60. The Morgan fingerprint density at radius 3 is 2.70 bits per heavy atom. The number of benzene rings is 2. The van der Waals surface area contributed by atoms with Gasteiger partial charge in [-0.15, -0.1) is 5.10 Å². The second kappa shape index (κ2) is 7.65. The van der Waals surface area contributed by atoms with Crippen molar-refractivity contribution in [3.8, 4) is 5.75 Å². The molecular weight excluding hydrogens is 340 g/mol. The monoisotopic (exact) mass is 358 g/mol. The zero-order valence-corrected chi connectivity index (χ0v) is 14.8. The van der Waals surface area contributed by atoms with Gasteiger partial charge in [-0.3, -0.25) is 4.98 Å². The van der Waals surface area contributed by atoms with E-state index in [9.17, 15) is 0 Å². The van der Waals surface area contributed by atoms with Gasteiger partial charge in [0, 0.05) is 11.6 Å². The highest BCUT2D eigenvalue weighted by molar-refractivity contribution is 5.91. The van der Waals surface area contributed by atoms with Crippen LogP contribution in [0.4, 0.5) is 23.1 Å². The fourth-order valence-corrected chi connectivity index (χ4v) is 2.73. The molecule has 0 aliphatic rings. The summed E-state index contributed by atoms with van der Waals surface area (Å²) in [5.74, 6) is 1.70. The smallest absolute Gasteiger partial charge is 0.249 e. The molecule has 27 heavy (non-hydrogen) atoms. The van der Waals surface area contributed by atoms with Crippen LogP contribution in [0.25, 0.3) is 10.9 Å². The first-order valence-corrected chi connectivity index (χ1v) is 8.63. The van der Waals surface area contributed by atoms with Crippen molar-refractivity contribution in [2.45, 2.75) is 6.92 Å². The highest BCUT2D eigenvalue weighted by Crippen LogP contribution is 2.27. The minimum absolute atomic E-state index is 0.382. The fourth-order valence-electron chi connectivity index (χ4n) is 2.73. The van der Waals surface area contributed by atoms with Crippen molar-refractivity contribution in [3.63, 3.8) is 0 Å². The summed E-state index contributed by atoms with van der Waals surface area (Å²) in [5, 5.41) is 15.6. The van der Waals surface area contributed by atoms with Crippen molar-refractivity contribution in [2.24, 2.45) is 0 Å². The molecule has 0 aliphatic carbocycles. The van der Waals surface area contributed by atoms with E-state index in [1.54, 1.807) is 12.4 Å². The van der Waals surface area contributed by atoms with Gasteiger partial charge in [0.25, 0.3) is 0 Å². The van der Waals surface area contributed by atoms with Gasteiger partial charge in [0.15, 0.2) is 5.82 Å². The lowest BCUT2D eigenvalue weighted by atomic mass is 10.2. The molecule has 0 atom stereocenters. The number of rotatable bonds is 6. The van der Waals surface area contributed by atoms with Crippen molar-refractivity contribution in [1.82, 2.24) is 20.2 Å². The van der Waals surface area contributed by atoms with E-state index >= 15 is 0 Å². The number of hydrogen-bond donors (Lipinski definition) is 2. The van der Waals surface area contributed by atoms with Crippen LogP contribution in [0.5, 0.6) is 5.75 Å². The summed E-state index contributed by atoms with van der Waals surface area (Å²) in [6, 6.07) is 17.5. The molecule has 2 N–H and O–H groups in total. The molecule has 0 unspecified atom stereocenters. The van der Waals surface area contributed by atoms with Crippen molar-refractivity contribution < 1.29 is 4.74 Å². The van der Waals surface area contributed by atoms with Crippen molar-refractivity contribution in [2.75, 3.05) is 17.2 Å². The topological polar surface area (TPSA) is 84.9 Å². The first kappa shape index (κ1) is 16.7. The summed E-state index contributed by atoms with van der Waals surface area (Å²) >= 11 is 0. The van der Waals surface area contributed by atoms with Crippen LogP contribution in [0, 0.1) is 0 Å². The number of pyridine rings is 1. The van der Waals surface area contributed by atoms with E-state index in [2.05, 4.69) is 30.8 Å². The molecule has 0 amide bonds. The average Bonchev–Trinajstić information content (AvgIpc) is 2.70. The largest absolute Gasteiger partial charge is 0.492 e. The molecule has 0 saturated carbocycles. The Bertz CT molecular complexity index is 1060.